The predicted octanol–water partition coefficient (Wildman–Crippen LogP) is 3.34. The molecule has 170 valence electrons. The maximum absolute atomic E-state index is 8.74. The van der Waals surface area contributed by atoms with Crippen molar-refractivity contribution in [2.45, 2.75) is 58.3 Å². The van der Waals surface area contributed by atoms with Crippen LogP contribution in [0, 0.1) is 19.7 Å². The molecule has 10 nitrogen and oxygen atoms in total. The van der Waals surface area contributed by atoms with Gasteiger partial charge in [0, 0.05) is 21.3 Å². The van der Waals surface area contributed by atoms with Crippen LogP contribution in [-0.2, 0) is 24.6 Å². The van der Waals surface area contributed by atoms with Crippen LogP contribution in [0.3, 0.4) is 0 Å². The van der Waals surface area contributed by atoms with E-state index in [4.69, 9.17) is 51.5 Å². The molecule has 0 aromatic carbocycles. The van der Waals surface area contributed by atoms with Crippen molar-refractivity contribution in [2.24, 2.45) is 0 Å². The Bertz CT molecular complexity index is 565. The van der Waals surface area contributed by atoms with E-state index in [1.54, 1.807) is 21.3 Å². The lowest BCUT2D eigenvalue weighted by molar-refractivity contribution is 0.0368. The third kappa shape index (κ3) is 41.6. The zero-order valence-electron chi connectivity index (χ0n) is 18.8. The molecule has 0 heterocycles. The molecule has 0 aliphatic rings. The van der Waals surface area contributed by atoms with Crippen LogP contribution in [0.1, 0.15) is 41.5 Å². The van der Waals surface area contributed by atoms with Crippen LogP contribution in [0.4, 0.5) is 0 Å². The lowest BCUT2D eigenvalue weighted by atomic mass is 10.1. The van der Waals surface area contributed by atoms with Crippen LogP contribution in [-0.4, -0.2) is 75.3 Å². The summed E-state index contributed by atoms with van der Waals surface area (Å²) in [7, 11) is 0.182. The zero-order chi connectivity index (χ0) is 24.4. The molecule has 0 unspecified atom stereocenters. The highest BCUT2D eigenvalue weighted by atomic mass is 32.3. The maximum atomic E-state index is 8.74. The largest absolute Gasteiger partial charge is 0.394 e. The van der Waals surface area contributed by atoms with Gasteiger partial charge in [0.25, 0.3) is 0 Å². The van der Waals surface area contributed by atoms with E-state index in [0.29, 0.717) is 19.6 Å². The topological polar surface area (TPSA) is 115 Å². The van der Waals surface area contributed by atoms with Gasteiger partial charge in [0.05, 0.1) is 0 Å². The second-order valence-corrected chi connectivity index (χ2v) is 8.18. The minimum Gasteiger partial charge on any atom is -0.371 e. The Kier molecular flexibility index (Phi) is 20.5. The van der Waals surface area contributed by atoms with Crippen molar-refractivity contribution in [1.29, 1.82) is 0 Å². The smallest absolute Gasteiger partial charge is 0.371 e. The molecule has 0 aromatic heterocycles. The Labute approximate surface area is 176 Å². The van der Waals surface area contributed by atoms with Gasteiger partial charge in [-0.3, -0.25) is 9.11 Å². The van der Waals surface area contributed by atoms with E-state index in [1.807, 2.05) is 41.5 Å². The first-order valence-corrected chi connectivity index (χ1v) is 9.61. The fraction of sp³-hybridized carbons (Fsp3) is 0.833. The van der Waals surface area contributed by atoms with Gasteiger partial charge in [0.15, 0.2) is 0 Å². The quantitative estimate of drug-likeness (QED) is 0.484. The summed E-state index contributed by atoms with van der Waals surface area (Å²) >= 11 is 0. The maximum Gasteiger partial charge on any atom is 0.394 e. The van der Waals surface area contributed by atoms with Gasteiger partial charge in [-0.05, 0) is 41.5 Å². The molecule has 2 N–H and O–H groups in total. The fourth-order valence-corrected chi connectivity index (χ4v) is 0.765. The second-order valence-electron chi connectivity index (χ2n) is 7.29. The molecule has 0 atom stereocenters. The SMILES string of the molecule is O=S(=O)(O)O.[C-]#[N+]CC(C)(C)OC.[C-]#[N+]CC(C)(C)OC.[C-]#[N+]CC(C)(C)OC. The number of hydrogen-bond acceptors (Lipinski definition) is 5. The third-order valence-electron chi connectivity index (χ3n) is 3.04. The van der Waals surface area contributed by atoms with Crippen molar-refractivity contribution < 1.29 is 31.7 Å². The van der Waals surface area contributed by atoms with Gasteiger partial charge < -0.3 is 28.7 Å². The molecule has 0 rings (SSSR count). The van der Waals surface area contributed by atoms with Gasteiger partial charge in [-0.1, -0.05) is 0 Å². The van der Waals surface area contributed by atoms with Gasteiger partial charge in [-0.25, -0.2) is 19.7 Å². The molecule has 29 heavy (non-hydrogen) atoms. The Balaban J connectivity index is -0.000000146. The molecular weight excluding hydrogens is 402 g/mol. The van der Waals surface area contributed by atoms with Crippen molar-refractivity contribution in [3.63, 3.8) is 0 Å². The van der Waals surface area contributed by atoms with E-state index in [9.17, 15) is 0 Å². The fourth-order valence-electron chi connectivity index (χ4n) is 0.765. The predicted molar refractivity (Wildman–Crippen MR) is 112 cm³/mol. The molecule has 0 saturated heterocycles. The minimum absolute atomic E-state index is 0.262. The van der Waals surface area contributed by atoms with E-state index in [-0.39, 0.29) is 16.8 Å². The number of hydrogen-bond donors (Lipinski definition) is 2. The Hall–Kier alpha value is -1.78. The summed E-state index contributed by atoms with van der Waals surface area (Å²) in [4.78, 5) is 9.61. The summed E-state index contributed by atoms with van der Waals surface area (Å²) in [5.74, 6) is 0. The van der Waals surface area contributed by atoms with E-state index in [1.165, 1.54) is 0 Å². The lowest BCUT2D eigenvalue weighted by Gasteiger charge is -2.14. The highest BCUT2D eigenvalue weighted by Crippen LogP contribution is 2.07. The van der Waals surface area contributed by atoms with Crippen LogP contribution in [0.2, 0.25) is 0 Å². The summed E-state index contributed by atoms with van der Waals surface area (Å²) in [6.45, 7) is 32.2. The molecular formula is C18H35N3O7S. The minimum atomic E-state index is -4.67. The average molecular weight is 438 g/mol. The summed E-state index contributed by atoms with van der Waals surface area (Å²) in [5.41, 5.74) is -0.786. The van der Waals surface area contributed by atoms with Crippen LogP contribution in [0.5, 0.6) is 0 Å². The number of methoxy groups -OCH3 is 3. The standard InChI is InChI=1S/3C6H11NO.H2O4S/c3*1-6(2,8-4)5-7-3;1-5(2,3)4/h3*5H2,1-2,4H3;(H2,1,2,3,4). The molecule has 0 aliphatic heterocycles. The first kappa shape index (κ1) is 34.7. The molecule has 0 aromatic rings. The van der Waals surface area contributed by atoms with Crippen LogP contribution >= 0.6 is 0 Å². The van der Waals surface area contributed by atoms with Crippen molar-refractivity contribution in [3.8, 4) is 0 Å². The molecule has 0 spiro atoms. The summed E-state index contributed by atoms with van der Waals surface area (Å²) < 4.78 is 46.5. The highest BCUT2D eigenvalue weighted by Gasteiger charge is 2.19. The number of rotatable bonds is 6. The second kappa shape index (κ2) is 17.1. The van der Waals surface area contributed by atoms with E-state index < -0.39 is 10.4 Å². The number of nitrogens with zero attached hydrogens (tertiary/aromatic N) is 3. The van der Waals surface area contributed by atoms with E-state index >= 15 is 0 Å². The molecule has 0 bridgehead atoms. The Morgan fingerprint density at radius 3 is 0.828 bits per heavy atom. The number of ether oxygens (including phenoxy) is 3. The summed E-state index contributed by atoms with van der Waals surface area (Å²) in [5, 5.41) is 0. The summed E-state index contributed by atoms with van der Waals surface area (Å²) in [6.07, 6.45) is 0. The molecule has 0 saturated carbocycles. The molecule has 0 fully saturated rings. The normalized spacial score (nSPS) is 10.9. The molecule has 0 aliphatic carbocycles. The molecule has 0 radical (unpaired) electrons. The first-order chi connectivity index (χ1) is 12.9. The van der Waals surface area contributed by atoms with Crippen LogP contribution in [0.15, 0.2) is 0 Å². The Morgan fingerprint density at radius 1 is 0.655 bits per heavy atom. The van der Waals surface area contributed by atoms with Crippen molar-refractivity contribution in [3.05, 3.63) is 34.3 Å². The summed E-state index contributed by atoms with van der Waals surface area (Å²) in [6, 6.07) is 0. The monoisotopic (exact) mass is 437 g/mol. The van der Waals surface area contributed by atoms with Gasteiger partial charge in [-0.2, -0.15) is 8.42 Å². The third-order valence-corrected chi connectivity index (χ3v) is 3.04. The van der Waals surface area contributed by atoms with Gasteiger partial charge in [0.2, 0.25) is 19.6 Å². The van der Waals surface area contributed by atoms with Crippen molar-refractivity contribution in [2.75, 3.05) is 41.0 Å². The van der Waals surface area contributed by atoms with Gasteiger partial charge >= 0.3 is 10.4 Å². The highest BCUT2D eigenvalue weighted by molar-refractivity contribution is 7.79. The van der Waals surface area contributed by atoms with Crippen molar-refractivity contribution in [1.82, 2.24) is 0 Å². The zero-order valence-corrected chi connectivity index (χ0v) is 19.6. The lowest BCUT2D eigenvalue weighted by Crippen LogP contribution is -2.25. The molecule has 11 heteroatoms. The van der Waals surface area contributed by atoms with Gasteiger partial charge in [-0.15, -0.1) is 0 Å². The van der Waals surface area contributed by atoms with Gasteiger partial charge in [0.1, 0.15) is 16.8 Å². The molecule has 0 amide bonds. The van der Waals surface area contributed by atoms with E-state index in [0.717, 1.165) is 0 Å². The van der Waals surface area contributed by atoms with E-state index in [2.05, 4.69) is 14.5 Å². The first-order valence-electron chi connectivity index (χ1n) is 8.22. The van der Waals surface area contributed by atoms with Crippen LogP contribution in [0.25, 0.3) is 14.5 Å². The average Bonchev–Trinajstić information content (AvgIpc) is 2.54. The van der Waals surface area contributed by atoms with Crippen LogP contribution < -0.4 is 0 Å². The Morgan fingerprint density at radius 2 is 0.793 bits per heavy atom. The van der Waals surface area contributed by atoms with Crippen molar-refractivity contribution >= 4 is 10.4 Å².